The van der Waals surface area contributed by atoms with E-state index >= 15 is 0 Å². The number of primary amides is 2. The smallest absolute Gasteiger partial charge is 0.324 e. The maximum Gasteiger partial charge on any atom is 0.324 e. The van der Waals surface area contributed by atoms with Gasteiger partial charge in [-0.1, -0.05) is 48.5 Å². The van der Waals surface area contributed by atoms with Crippen molar-refractivity contribution >= 4 is 23.8 Å². The molecule has 12 heteroatoms. The van der Waals surface area contributed by atoms with Crippen LogP contribution in [0, 0.1) is 0 Å². The Morgan fingerprint density at radius 1 is 0.558 bits per heavy atom. The Kier molecular flexibility index (Phi) is 14.8. The van der Waals surface area contributed by atoms with Crippen LogP contribution in [0.4, 0.5) is 0 Å². The van der Waals surface area contributed by atoms with E-state index in [0.29, 0.717) is 11.5 Å². The first-order valence-corrected chi connectivity index (χ1v) is 17.2. The van der Waals surface area contributed by atoms with E-state index in [1.807, 2.05) is 82.6 Å². The number of carbonyl (C=O) groups excluding carboxylic acids is 4. The van der Waals surface area contributed by atoms with Gasteiger partial charge in [-0.2, -0.15) is 0 Å². The zero-order chi connectivity index (χ0) is 38.6. The van der Waals surface area contributed by atoms with Gasteiger partial charge in [-0.15, -0.1) is 0 Å². The molecule has 3 aromatic carbocycles. The van der Waals surface area contributed by atoms with Crippen molar-refractivity contribution < 1.29 is 38.1 Å². The summed E-state index contributed by atoms with van der Waals surface area (Å²) >= 11 is 0. The van der Waals surface area contributed by atoms with Gasteiger partial charge in [-0.05, 0) is 88.1 Å². The first-order valence-electron chi connectivity index (χ1n) is 17.2. The molecule has 0 aromatic heterocycles. The van der Waals surface area contributed by atoms with Gasteiger partial charge in [0, 0.05) is 26.2 Å². The van der Waals surface area contributed by atoms with Crippen LogP contribution in [0.25, 0.3) is 0 Å². The second-order valence-corrected chi connectivity index (χ2v) is 14.7. The monoisotopic (exact) mass is 718 g/mol. The Bertz CT molecular complexity index is 1520. The summed E-state index contributed by atoms with van der Waals surface area (Å²) in [6.07, 6.45) is -0.535. The van der Waals surface area contributed by atoms with E-state index in [2.05, 4.69) is 0 Å². The molecule has 0 unspecified atom stereocenters. The molecule has 2 amide bonds. The van der Waals surface area contributed by atoms with E-state index in [1.54, 1.807) is 55.8 Å². The van der Waals surface area contributed by atoms with Gasteiger partial charge in [-0.3, -0.25) is 29.0 Å². The quantitative estimate of drug-likeness (QED) is 0.173. The number of amides is 2. The third-order valence-electron chi connectivity index (χ3n) is 7.98. The number of hydrogen-bond donors (Lipinski definition) is 2. The number of nitrogens with two attached hydrogens (primary N) is 2. The van der Waals surface area contributed by atoms with Crippen LogP contribution in [0.15, 0.2) is 72.8 Å². The van der Waals surface area contributed by atoms with Crippen molar-refractivity contribution in [2.24, 2.45) is 11.5 Å². The third-order valence-corrected chi connectivity index (χ3v) is 7.98. The highest BCUT2D eigenvalue weighted by Crippen LogP contribution is 2.26. The zero-order valence-electron chi connectivity index (χ0n) is 31.6. The van der Waals surface area contributed by atoms with Crippen LogP contribution in [-0.4, -0.2) is 71.1 Å². The van der Waals surface area contributed by atoms with E-state index in [9.17, 15) is 19.2 Å². The predicted molar refractivity (Wildman–Crippen MR) is 198 cm³/mol. The summed E-state index contributed by atoms with van der Waals surface area (Å²) in [6, 6.07) is 20.4. The van der Waals surface area contributed by atoms with Gasteiger partial charge >= 0.3 is 11.9 Å². The average Bonchev–Trinajstić information content (AvgIpc) is 3.05. The molecule has 4 N–H and O–H groups in total. The molecular weight excluding hydrogens is 664 g/mol. The number of nitrogens with zero attached hydrogens (tertiary/aromatic N) is 2. The van der Waals surface area contributed by atoms with Gasteiger partial charge in [0.15, 0.2) is 0 Å². The lowest BCUT2D eigenvalue weighted by Crippen LogP contribution is -2.47. The Morgan fingerprint density at radius 2 is 0.885 bits per heavy atom. The van der Waals surface area contributed by atoms with Gasteiger partial charge in [0.2, 0.25) is 11.8 Å². The highest BCUT2D eigenvalue weighted by atomic mass is 16.6. The first kappa shape index (κ1) is 41.5. The molecule has 0 saturated heterocycles. The Labute approximate surface area is 307 Å². The number of methoxy groups -OCH3 is 2. The Hall–Kier alpha value is -4.94. The molecule has 0 fully saturated rings. The zero-order valence-corrected chi connectivity index (χ0v) is 31.6. The van der Waals surface area contributed by atoms with Gasteiger partial charge in [0.25, 0.3) is 0 Å². The minimum atomic E-state index is -1.01. The van der Waals surface area contributed by atoms with Crippen LogP contribution < -0.4 is 20.9 Å². The van der Waals surface area contributed by atoms with Crippen LogP contribution >= 0.6 is 0 Å². The molecule has 0 aliphatic heterocycles. The van der Waals surface area contributed by atoms with Crippen LogP contribution in [-0.2, 0) is 54.8 Å². The highest BCUT2D eigenvalue weighted by molar-refractivity contribution is 5.85. The Morgan fingerprint density at radius 3 is 1.15 bits per heavy atom. The molecular formula is C40H54N4O8. The molecule has 0 aliphatic carbocycles. The van der Waals surface area contributed by atoms with E-state index < -0.39 is 47.0 Å². The number of carbonyl (C=O) groups is 4. The van der Waals surface area contributed by atoms with Gasteiger partial charge in [-0.25, -0.2) is 0 Å². The van der Waals surface area contributed by atoms with E-state index in [-0.39, 0.29) is 39.0 Å². The van der Waals surface area contributed by atoms with Gasteiger partial charge in [0.1, 0.15) is 34.8 Å². The summed E-state index contributed by atoms with van der Waals surface area (Å²) in [7, 11) is 3.16. The molecule has 2 atom stereocenters. The van der Waals surface area contributed by atoms with Gasteiger partial charge in [0.05, 0.1) is 27.1 Å². The summed E-state index contributed by atoms with van der Waals surface area (Å²) in [5, 5.41) is 0. The topological polar surface area (TPSA) is 164 Å². The number of ether oxygens (including phenoxy) is 4. The molecule has 0 saturated carbocycles. The third kappa shape index (κ3) is 13.6. The SMILES string of the molecule is COc1ccc(CN(Cc2ccccc2CN(Cc2ccc(OC)cc2)[C@@H](CC(N)=O)C(=O)OC(C)(C)C)[C@@H](CC(N)=O)C(=O)OC(C)(C)C)cc1. The fourth-order valence-electron chi connectivity index (χ4n) is 5.63. The Balaban J connectivity index is 2.11. The van der Waals surface area contributed by atoms with Crippen molar-refractivity contribution in [3.63, 3.8) is 0 Å². The minimum absolute atomic E-state index is 0.211. The summed E-state index contributed by atoms with van der Waals surface area (Å²) < 4.78 is 22.2. The van der Waals surface area contributed by atoms with Crippen molar-refractivity contribution in [2.45, 2.75) is 104 Å². The van der Waals surface area contributed by atoms with Crippen LogP contribution in [0.5, 0.6) is 11.5 Å². The summed E-state index contributed by atoms with van der Waals surface area (Å²) in [5.41, 5.74) is 13.1. The van der Waals surface area contributed by atoms with Crippen molar-refractivity contribution in [1.29, 1.82) is 0 Å². The van der Waals surface area contributed by atoms with E-state index in [1.165, 1.54) is 0 Å². The molecule has 52 heavy (non-hydrogen) atoms. The average molecular weight is 719 g/mol. The number of rotatable bonds is 18. The van der Waals surface area contributed by atoms with Crippen LogP contribution in [0.3, 0.4) is 0 Å². The number of hydrogen-bond acceptors (Lipinski definition) is 10. The number of benzene rings is 3. The van der Waals surface area contributed by atoms with Gasteiger partial charge < -0.3 is 30.4 Å². The maximum absolute atomic E-state index is 13.7. The fourth-order valence-corrected chi connectivity index (χ4v) is 5.63. The summed E-state index contributed by atoms with van der Waals surface area (Å²) in [5.74, 6) is -1.11. The number of esters is 2. The summed E-state index contributed by atoms with van der Waals surface area (Å²) in [4.78, 5) is 55.9. The van der Waals surface area contributed by atoms with E-state index in [4.69, 9.17) is 30.4 Å². The van der Waals surface area contributed by atoms with Crippen molar-refractivity contribution in [3.05, 3.63) is 95.1 Å². The lowest BCUT2D eigenvalue weighted by molar-refractivity contribution is -0.164. The molecule has 0 aliphatic rings. The van der Waals surface area contributed by atoms with Crippen LogP contribution in [0.1, 0.15) is 76.6 Å². The van der Waals surface area contributed by atoms with Crippen molar-refractivity contribution in [3.8, 4) is 11.5 Å². The lowest BCUT2D eigenvalue weighted by atomic mass is 10.0. The molecule has 3 rings (SSSR count). The predicted octanol–water partition coefficient (Wildman–Crippen LogP) is 4.88. The molecule has 0 radical (unpaired) electrons. The maximum atomic E-state index is 13.7. The second kappa shape index (κ2) is 18.5. The second-order valence-electron chi connectivity index (χ2n) is 14.7. The van der Waals surface area contributed by atoms with Crippen LogP contribution in [0.2, 0.25) is 0 Å². The molecule has 12 nitrogen and oxygen atoms in total. The molecule has 0 bridgehead atoms. The molecule has 0 heterocycles. The molecule has 282 valence electrons. The van der Waals surface area contributed by atoms with Crippen molar-refractivity contribution in [2.75, 3.05) is 14.2 Å². The standard InChI is InChI=1S/C40H54N4O8/c1-39(2,3)51-37(47)33(21-35(41)45)43(23-27-13-17-31(49-7)18-14-27)25-29-11-9-10-12-30(29)26-44(24-28-15-19-32(50-8)20-16-28)34(22-36(42)46)38(48)52-40(4,5)6/h9-20,33-34H,21-26H2,1-8H3,(H2,41,45)(H2,42,46)/t33-,34-/m0/s1. The minimum Gasteiger partial charge on any atom is -0.497 e. The summed E-state index contributed by atoms with van der Waals surface area (Å²) in [6.45, 7) is 11.5. The molecule has 0 spiro atoms. The molecule has 3 aromatic rings. The largest absolute Gasteiger partial charge is 0.497 e. The highest BCUT2D eigenvalue weighted by Gasteiger charge is 2.35. The fraction of sp³-hybridized carbons (Fsp3) is 0.450. The first-order chi connectivity index (χ1) is 24.4. The normalized spacial score (nSPS) is 13.0. The van der Waals surface area contributed by atoms with Crippen molar-refractivity contribution in [1.82, 2.24) is 9.80 Å². The lowest BCUT2D eigenvalue weighted by Gasteiger charge is -2.34. The van der Waals surface area contributed by atoms with E-state index in [0.717, 1.165) is 22.3 Å².